The van der Waals surface area contributed by atoms with Crippen LogP contribution in [0.4, 0.5) is 0 Å². The third-order valence-electron chi connectivity index (χ3n) is 2.29. The van der Waals surface area contributed by atoms with E-state index >= 15 is 0 Å². The van der Waals surface area contributed by atoms with Crippen LogP contribution in [0, 0.1) is 5.92 Å². The largest absolute Gasteiger partial charge is 0.460 e. The summed E-state index contributed by atoms with van der Waals surface area (Å²) in [5.41, 5.74) is -0.381. The fourth-order valence-electron chi connectivity index (χ4n) is 1.55. The molecule has 0 aromatic carbocycles. The van der Waals surface area contributed by atoms with Crippen molar-refractivity contribution in [1.29, 1.82) is 0 Å². The van der Waals surface area contributed by atoms with E-state index in [2.05, 4.69) is 6.92 Å². The Morgan fingerprint density at radius 2 is 1.88 bits per heavy atom. The summed E-state index contributed by atoms with van der Waals surface area (Å²) < 4.78 is 5.26. The summed E-state index contributed by atoms with van der Waals surface area (Å²) in [4.78, 5) is 11.5. The van der Waals surface area contributed by atoms with Gasteiger partial charge in [0.25, 0.3) is 0 Å². The highest BCUT2D eigenvalue weighted by Crippen LogP contribution is 2.16. The fourth-order valence-corrected chi connectivity index (χ4v) is 1.55. The first-order valence-corrected chi connectivity index (χ1v) is 6.18. The molecule has 0 aromatic heterocycles. The van der Waals surface area contributed by atoms with Gasteiger partial charge in [0.2, 0.25) is 0 Å². The minimum Gasteiger partial charge on any atom is -0.460 e. The maximum atomic E-state index is 11.5. The lowest BCUT2D eigenvalue weighted by Gasteiger charge is -2.20. The van der Waals surface area contributed by atoms with Crippen LogP contribution in [0.3, 0.4) is 0 Å². The average molecular weight is 230 g/mol. The quantitative estimate of drug-likeness (QED) is 0.540. The highest BCUT2D eigenvalue weighted by Gasteiger charge is 2.18. The van der Waals surface area contributed by atoms with Crippen molar-refractivity contribution in [2.75, 3.05) is 6.61 Å². The zero-order chi connectivity index (χ0) is 12.6. The van der Waals surface area contributed by atoms with Crippen LogP contribution in [-0.4, -0.2) is 23.3 Å². The molecule has 3 heteroatoms. The summed E-state index contributed by atoms with van der Waals surface area (Å²) in [6, 6.07) is 0. The number of carbonyl (C=O) groups is 1. The first kappa shape index (κ1) is 15.4. The second kappa shape index (κ2) is 7.66. The topological polar surface area (TPSA) is 46.5 Å². The number of hydrogen-bond donors (Lipinski definition) is 1. The van der Waals surface area contributed by atoms with E-state index in [-0.39, 0.29) is 18.2 Å². The van der Waals surface area contributed by atoms with Gasteiger partial charge in [0.1, 0.15) is 5.60 Å². The third-order valence-corrected chi connectivity index (χ3v) is 2.29. The molecule has 0 aliphatic rings. The molecule has 3 nitrogen and oxygen atoms in total. The Hall–Kier alpha value is -0.570. The molecule has 16 heavy (non-hydrogen) atoms. The molecule has 0 spiro atoms. The molecule has 0 saturated heterocycles. The summed E-state index contributed by atoms with van der Waals surface area (Å²) in [7, 11) is 0. The van der Waals surface area contributed by atoms with Crippen molar-refractivity contribution in [3.05, 3.63) is 0 Å². The Morgan fingerprint density at radius 1 is 1.25 bits per heavy atom. The van der Waals surface area contributed by atoms with Crippen molar-refractivity contribution >= 4 is 5.97 Å². The van der Waals surface area contributed by atoms with Crippen molar-refractivity contribution in [3.8, 4) is 0 Å². The van der Waals surface area contributed by atoms with Gasteiger partial charge in [-0.15, -0.1) is 0 Å². The zero-order valence-electron chi connectivity index (χ0n) is 11.1. The molecular weight excluding hydrogens is 204 g/mol. The molecule has 0 rings (SSSR count). The number of rotatable bonds is 7. The Bertz CT molecular complexity index is 194. The minimum absolute atomic E-state index is 0.109. The molecule has 0 aliphatic carbocycles. The van der Waals surface area contributed by atoms with E-state index < -0.39 is 0 Å². The monoisotopic (exact) mass is 230 g/mol. The highest BCUT2D eigenvalue weighted by atomic mass is 16.6. The number of aliphatic hydroxyl groups excluding tert-OH is 1. The summed E-state index contributed by atoms with van der Waals surface area (Å²) in [6.07, 6.45) is 4.49. The number of hydrogen-bond acceptors (Lipinski definition) is 3. The molecule has 0 bridgehead atoms. The van der Waals surface area contributed by atoms with Gasteiger partial charge in [0, 0.05) is 13.0 Å². The first-order valence-electron chi connectivity index (χ1n) is 6.18. The maximum absolute atomic E-state index is 11.5. The third kappa shape index (κ3) is 9.97. The van der Waals surface area contributed by atoms with Gasteiger partial charge in [-0.25, -0.2) is 0 Å². The van der Waals surface area contributed by atoms with E-state index in [1.165, 1.54) is 0 Å². The van der Waals surface area contributed by atoms with Crippen LogP contribution < -0.4 is 0 Å². The van der Waals surface area contributed by atoms with Crippen LogP contribution in [-0.2, 0) is 9.53 Å². The standard InChI is InChI=1S/C13H26O3/c1-11(8-6-5-7-9-14)10-12(15)16-13(2,3)4/h11,14H,5-10H2,1-4H3. The molecule has 96 valence electrons. The van der Waals surface area contributed by atoms with E-state index in [0.29, 0.717) is 12.3 Å². The molecule has 0 radical (unpaired) electrons. The molecule has 1 atom stereocenters. The van der Waals surface area contributed by atoms with Gasteiger partial charge >= 0.3 is 5.97 Å². The van der Waals surface area contributed by atoms with Gasteiger partial charge < -0.3 is 9.84 Å². The van der Waals surface area contributed by atoms with Crippen molar-refractivity contribution in [2.24, 2.45) is 5.92 Å². The van der Waals surface area contributed by atoms with Gasteiger partial charge in [0.05, 0.1) is 0 Å². The molecule has 0 heterocycles. The van der Waals surface area contributed by atoms with Crippen molar-refractivity contribution in [2.45, 2.75) is 65.4 Å². The molecule has 1 unspecified atom stereocenters. The fraction of sp³-hybridized carbons (Fsp3) is 0.923. The summed E-state index contributed by atoms with van der Waals surface area (Å²) >= 11 is 0. The lowest BCUT2D eigenvalue weighted by atomic mass is 10.00. The van der Waals surface area contributed by atoms with Crippen molar-refractivity contribution in [3.63, 3.8) is 0 Å². The molecule has 0 saturated carbocycles. The maximum Gasteiger partial charge on any atom is 0.306 e. The van der Waals surface area contributed by atoms with Crippen LogP contribution in [0.25, 0.3) is 0 Å². The van der Waals surface area contributed by atoms with Gasteiger partial charge in [-0.05, 0) is 33.1 Å². The second-order valence-electron chi connectivity index (χ2n) is 5.47. The number of esters is 1. The normalized spacial score (nSPS) is 13.6. The molecule has 0 aromatic rings. The zero-order valence-corrected chi connectivity index (χ0v) is 11.1. The molecule has 0 aliphatic heterocycles. The Kier molecular flexibility index (Phi) is 7.39. The number of ether oxygens (including phenoxy) is 1. The summed E-state index contributed by atoms with van der Waals surface area (Å²) in [5.74, 6) is 0.260. The highest BCUT2D eigenvalue weighted by molar-refractivity contribution is 5.70. The summed E-state index contributed by atoms with van der Waals surface area (Å²) in [5, 5.41) is 8.63. The number of unbranched alkanes of at least 4 members (excludes halogenated alkanes) is 2. The summed E-state index contributed by atoms with van der Waals surface area (Å²) in [6.45, 7) is 7.99. The van der Waals surface area contributed by atoms with Crippen molar-refractivity contribution in [1.82, 2.24) is 0 Å². The lowest BCUT2D eigenvalue weighted by molar-refractivity contribution is -0.155. The molecule has 1 N–H and O–H groups in total. The SMILES string of the molecule is CC(CCCCCO)CC(=O)OC(C)(C)C. The van der Waals surface area contributed by atoms with Crippen LogP contribution >= 0.6 is 0 Å². The molecular formula is C13H26O3. The first-order chi connectivity index (χ1) is 7.35. The van der Waals surface area contributed by atoms with E-state index in [0.717, 1.165) is 25.7 Å². The van der Waals surface area contributed by atoms with Gasteiger partial charge in [-0.3, -0.25) is 4.79 Å². The van der Waals surface area contributed by atoms with Crippen LogP contribution in [0.15, 0.2) is 0 Å². The van der Waals surface area contributed by atoms with Crippen LogP contribution in [0.5, 0.6) is 0 Å². The Balaban J connectivity index is 3.62. The van der Waals surface area contributed by atoms with E-state index in [4.69, 9.17) is 9.84 Å². The predicted octanol–water partition coefficient (Wildman–Crippen LogP) is 2.91. The molecule has 0 amide bonds. The Labute approximate surface area is 99.2 Å². The molecule has 0 fully saturated rings. The minimum atomic E-state index is -0.381. The second-order valence-corrected chi connectivity index (χ2v) is 5.47. The Morgan fingerprint density at radius 3 is 2.38 bits per heavy atom. The van der Waals surface area contributed by atoms with Crippen LogP contribution in [0.2, 0.25) is 0 Å². The van der Waals surface area contributed by atoms with Gasteiger partial charge in [-0.2, -0.15) is 0 Å². The van der Waals surface area contributed by atoms with Gasteiger partial charge in [-0.1, -0.05) is 26.2 Å². The van der Waals surface area contributed by atoms with Crippen molar-refractivity contribution < 1.29 is 14.6 Å². The average Bonchev–Trinajstić information content (AvgIpc) is 2.09. The number of carbonyl (C=O) groups excluding carboxylic acids is 1. The van der Waals surface area contributed by atoms with Gasteiger partial charge in [0.15, 0.2) is 0 Å². The van der Waals surface area contributed by atoms with E-state index in [1.54, 1.807) is 0 Å². The van der Waals surface area contributed by atoms with Crippen LogP contribution in [0.1, 0.15) is 59.8 Å². The number of aliphatic hydroxyl groups is 1. The predicted molar refractivity (Wildman–Crippen MR) is 65.2 cm³/mol. The van der Waals surface area contributed by atoms with E-state index in [1.807, 2.05) is 20.8 Å². The smallest absolute Gasteiger partial charge is 0.306 e. The van der Waals surface area contributed by atoms with E-state index in [9.17, 15) is 4.79 Å². The lowest BCUT2D eigenvalue weighted by Crippen LogP contribution is -2.24.